The van der Waals surface area contributed by atoms with E-state index in [0.717, 1.165) is 43.5 Å². The van der Waals surface area contributed by atoms with E-state index >= 15 is 0 Å². The molecule has 2 aliphatic heterocycles. The summed E-state index contributed by atoms with van der Waals surface area (Å²) in [6, 6.07) is 16.6. The maximum absolute atomic E-state index is 13.1. The fraction of sp³-hybridized carbons (Fsp3) is 0.407. The number of hydrogen-bond donors (Lipinski definition) is 0. The van der Waals surface area contributed by atoms with Crippen LogP contribution >= 0.6 is 0 Å². The normalized spacial score (nSPS) is 18.7. The third kappa shape index (κ3) is 5.07. The molecule has 2 aromatic carbocycles. The van der Waals surface area contributed by atoms with Crippen molar-refractivity contribution in [1.29, 1.82) is 0 Å². The van der Waals surface area contributed by atoms with Crippen LogP contribution in [0.5, 0.6) is 0 Å². The van der Waals surface area contributed by atoms with Crippen molar-refractivity contribution >= 4 is 17.9 Å². The van der Waals surface area contributed by atoms with E-state index in [2.05, 4.69) is 31.2 Å². The van der Waals surface area contributed by atoms with Crippen molar-refractivity contribution in [3.05, 3.63) is 77.0 Å². The van der Waals surface area contributed by atoms with E-state index < -0.39 is 0 Å². The standard InChI is InChI=1S/C27H32N2O2/c1-20-7-9-22(10-8-20)11-12-23-13-16-28(17-14-23)27(31)19-26-25-6-4-3-5-24(25)15-18-29(26)21(2)30/h3-10,15,18,23,26H,11-14,16-17,19H2,1-2H3/t26-/m1/s1. The molecule has 1 fully saturated rings. The SMILES string of the molecule is CC(=O)N1C=Cc2ccccc2[C@H]1CC(=O)N1CCC(CCc2ccc(C)cc2)CC1. The third-order valence-electron chi connectivity index (χ3n) is 6.77. The molecule has 0 radical (unpaired) electrons. The molecule has 1 atom stereocenters. The minimum Gasteiger partial charge on any atom is -0.343 e. The molecule has 162 valence electrons. The van der Waals surface area contributed by atoms with Crippen LogP contribution < -0.4 is 0 Å². The second kappa shape index (κ2) is 9.51. The highest BCUT2D eigenvalue weighted by Gasteiger charge is 2.31. The fourth-order valence-electron chi connectivity index (χ4n) is 4.80. The fourth-order valence-corrected chi connectivity index (χ4v) is 4.80. The van der Waals surface area contributed by atoms with Gasteiger partial charge in [0.1, 0.15) is 0 Å². The summed E-state index contributed by atoms with van der Waals surface area (Å²) in [6.45, 7) is 5.33. The number of fused-ring (bicyclic) bond motifs is 1. The van der Waals surface area contributed by atoms with Gasteiger partial charge in [0, 0.05) is 26.2 Å². The van der Waals surface area contributed by atoms with Crippen molar-refractivity contribution in [1.82, 2.24) is 9.80 Å². The Kier molecular flexibility index (Phi) is 6.55. The number of benzene rings is 2. The molecule has 4 heteroatoms. The maximum Gasteiger partial charge on any atom is 0.225 e. The first-order valence-corrected chi connectivity index (χ1v) is 11.4. The Bertz CT molecular complexity index is 955. The lowest BCUT2D eigenvalue weighted by Crippen LogP contribution is -2.41. The van der Waals surface area contributed by atoms with Crippen LogP contribution in [0, 0.1) is 12.8 Å². The first-order valence-electron chi connectivity index (χ1n) is 11.4. The van der Waals surface area contributed by atoms with Crippen molar-refractivity contribution in [2.75, 3.05) is 13.1 Å². The number of carbonyl (C=O) groups excluding carboxylic acids is 2. The van der Waals surface area contributed by atoms with Gasteiger partial charge in [-0.2, -0.15) is 0 Å². The summed E-state index contributed by atoms with van der Waals surface area (Å²) in [5.41, 5.74) is 4.85. The lowest BCUT2D eigenvalue weighted by Gasteiger charge is -2.36. The predicted molar refractivity (Wildman–Crippen MR) is 124 cm³/mol. The van der Waals surface area contributed by atoms with Crippen LogP contribution in [0.4, 0.5) is 0 Å². The zero-order valence-electron chi connectivity index (χ0n) is 18.6. The Labute approximate surface area is 185 Å². The summed E-state index contributed by atoms with van der Waals surface area (Å²) in [6.07, 6.45) is 8.54. The molecule has 1 saturated heterocycles. The molecule has 4 nitrogen and oxygen atoms in total. The molecule has 2 aromatic rings. The quantitative estimate of drug-likeness (QED) is 0.678. The molecular formula is C27H32N2O2. The van der Waals surface area contributed by atoms with Gasteiger partial charge in [0.2, 0.25) is 11.8 Å². The number of rotatable bonds is 5. The molecular weight excluding hydrogens is 384 g/mol. The average molecular weight is 417 g/mol. The van der Waals surface area contributed by atoms with E-state index in [1.54, 1.807) is 11.8 Å². The zero-order valence-corrected chi connectivity index (χ0v) is 18.6. The van der Waals surface area contributed by atoms with E-state index in [4.69, 9.17) is 0 Å². The van der Waals surface area contributed by atoms with Crippen LogP contribution in [0.1, 0.15) is 60.9 Å². The molecule has 31 heavy (non-hydrogen) atoms. The highest BCUT2D eigenvalue weighted by atomic mass is 16.2. The number of amides is 2. The molecule has 0 bridgehead atoms. The minimum atomic E-state index is -0.217. The van der Waals surface area contributed by atoms with Crippen LogP contribution in [-0.4, -0.2) is 34.7 Å². The molecule has 0 spiro atoms. The lowest BCUT2D eigenvalue weighted by atomic mass is 9.89. The number of aryl methyl sites for hydroxylation is 2. The summed E-state index contributed by atoms with van der Waals surface area (Å²) < 4.78 is 0. The summed E-state index contributed by atoms with van der Waals surface area (Å²) in [5, 5.41) is 0. The van der Waals surface area contributed by atoms with Crippen LogP contribution in [0.2, 0.25) is 0 Å². The van der Waals surface area contributed by atoms with Crippen LogP contribution in [-0.2, 0) is 16.0 Å². The zero-order chi connectivity index (χ0) is 21.8. The van der Waals surface area contributed by atoms with Gasteiger partial charge in [-0.3, -0.25) is 9.59 Å². The predicted octanol–water partition coefficient (Wildman–Crippen LogP) is 5.13. The smallest absolute Gasteiger partial charge is 0.225 e. The van der Waals surface area contributed by atoms with Gasteiger partial charge in [-0.1, -0.05) is 54.1 Å². The maximum atomic E-state index is 13.1. The molecule has 0 unspecified atom stereocenters. The Morgan fingerprint density at radius 2 is 1.71 bits per heavy atom. The lowest BCUT2D eigenvalue weighted by molar-refractivity contribution is -0.135. The Morgan fingerprint density at radius 1 is 1.00 bits per heavy atom. The van der Waals surface area contributed by atoms with Gasteiger partial charge >= 0.3 is 0 Å². The van der Waals surface area contributed by atoms with Gasteiger partial charge in [-0.15, -0.1) is 0 Å². The topological polar surface area (TPSA) is 40.6 Å². The Morgan fingerprint density at radius 3 is 2.42 bits per heavy atom. The van der Waals surface area contributed by atoms with E-state index in [1.165, 1.54) is 17.5 Å². The van der Waals surface area contributed by atoms with Gasteiger partial charge in [0.05, 0.1) is 12.5 Å². The number of piperidine rings is 1. The van der Waals surface area contributed by atoms with Crippen LogP contribution in [0.3, 0.4) is 0 Å². The van der Waals surface area contributed by atoms with Crippen molar-refractivity contribution in [2.24, 2.45) is 5.92 Å². The molecule has 2 aliphatic rings. The largest absolute Gasteiger partial charge is 0.343 e. The highest BCUT2D eigenvalue weighted by Crippen LogP contribution is 2.34. The second-order valence-electron chi connectivity index (χ2n) is 8.94. The number of carbonyl (C=O) groups is 2. The summed E-state index contributed by atoms with van der Waals surface area (Å²) >= 11 is 0. The van der Waals surface area contributed by atoms with E-state index in [9.17, 15) is 9.59 Å². The summed E-state index contributed by atoms with van der Waals surface area (Å²) in [4.78, 5) is 29.0. The van der Waals surface area contributed by atoms with Gasteiger partial charge < -0.3 is 9.80 Å². The molecule has 0 aromatic heterocycles. The highest BCUT2D eigenvalue weighted by molar-refractivity contribution is 5.82. The van der Waals surface area contributed by atoms with E-state index in [0.29, 0.717) is 12.3 Å². The molecule has 0 N–H and O–H groups in total. The van der Waals surface area contributed by atoms with Gasteiger partial charge in [0.25, 0.3) is 0 Å². The third-order valence-corrected chi connectivity index (χ3v) is 6.77. The number of likely N-dealkylation sites (tertiary alicyclic amines) is 1. The molecule has 4 rings (SSSR count). The van der Waals surface area contributed by atoms with Crippen molar-refractivity contribution in [3.8, 4) is 0 Å². The first kappa shape index (κ1) is 21.4. The average Bonchev–Trinajstić information content (AvgIpc) is 2.79. The van der Waals surface area contributed by atoms with Crippen LogP contribution in [0.25, 0.3) is 6.08 Å². The molecule has 0 aliphatic carbocycles. The Balaban J connectivity index is 1.32. The van der Waals surface area contributed by atoms with Crippen molar-refractivity contribution in [3.63, 3.8) is 0 Å². The van der Waals surface area contributed by atoms with Gasteiger partial charge in [-0.05, 0) is 61.3 Å². The summed E-state index contributed by atoms with van der Waals surface area (Å²) in [5.74, 6) is 0.800. The number of hydrogen-bond acceptors (Lipinski definition) is 2. The molecule has 2 amide bonds. The van der Waals surface area contributed by atoms with E-state index in [1.807, 2.05) is 41.4 Å². The van der Waals surface area contributed by atoms with Gasteiger partial charge in [0.15, 0.2) is 0 Å². The summed E-state index contributed by atoms with van der Waals surface area (Å²) in [7, 11) is 0. The Hall–Kier alpha value is -2.88. The van der Waals surface area contributed by atoms with Gasteiger partial charge in [-0.25, -0.2) is 0 Å². The monoisotopic (exact) mass is 416 g/mol. The number of nitrogens with zero attached hydrogens (tertiary/aromatic N) is 2. The molecule has 2 heterocycles. The van der Waals surface area contributed by atoms with Crippen molar-refractivity contribution < 1.29 is 9.59 Å². The second-order valence-corrected chi connectivity index (χ2v) is 8.94. The first-order chi connectivity index (χ1) is 15.0. The van der Waals surface area contributed by atoms with E-state index in [-0.39, 0.29) is 17.9 Å². The van der Waals surface area contributed by atoms with Crippen LogP contribution in [0.15, 0.2) is 54.7 Å². The minimum absolute atomic E-state index is 0.0293. The molecule has 0 saturated carbocycles. The van der Waals surface area contributed by atoms with Crippen molar-refractivity contribution in [2.45, 2.75) is 52.0 Å².